The van der Waals surface area contributed by atoms with Gasteiger partial charge >= 0.3 is 0 Å². The molecule has 0 aromatic heterocycles. The fourth-order valence-corrected chi connectivity index (χ4v) is 3.90. The third kappa shape index (κ3) is 5.59. The van der Waals surface area contributed by atoms with Crippen LogP contribution in [0.5, 0.6) is 0 Å². The molecule has 0 radical (unpaired) electrons. The predicted molar refractivity (Wildman–Crippen MR) is 117 cm³/mol. The Morgan fingerprint density at radius 2 is 1.48 bits per heavy atom. The van der Waals surface area contributed by atoms with E-state index >= 15 is 0 Å². The third-order valence-electron chi connectivity index (χ3n) is 4.49. The van der Waals surface area contributed by atoms with Crippen LogP contribution in [0.1, 0.15) is 16.7 Å². The molecule has 0 atom stereocenters. The molecule has 0 unspecified atom stereocenters. The molecule has 150 valence electrons. The van der Waals surface area contributed by atoms with Crippen molar-refractivity contribution in [2.45, 2.75) is 25.2 Å². The van der Waals surface area contributed by atoms with Crippen molar-refractivity contribution in [2.75, 3.05) is 10.0 Å². The van der Waals surface area contributed by atoms with Gasteiger partial charge in [0.15, 0.2) is 0 Å². The second kappa shape index (κ2) is 8.68. The molecule has 0 spiro atoms. The van der Waals surface area contributed by atoms with Crippen molar-refractivity contribution in [1.82, 2.24) is 0 Å². The van der Waals surface area contributed by atoms with Crippen LogP contribution in [0.2, 0.25) is 5.02 Å². The summed E-state index contributed by atoms with van der Waals surface area (Å²) >= 11 is 5.84. The smallest absolute Gasteiger partial charge is 0.261 e. The zero-order valence-electron chi connectivity index (χ0n) is 16.1. The normalized spacial score (nSPS) is 11.1. The zero-order valence-corrected chi connectivity index (χ0v) is 17.6. The van der Waals surface area contributed by atoms with Crippen LogP contribution in [0.15, 0.2) is 71.6 Å². The molecule has 0 bridgehead atoms. The number of sulfonamides is 1. The average Bonchev–Trinajstić information content (AvgIpc) is 2.67. The Morgan fingerprint density at radius 1 is 0.862 bits per heavy atom. The zero-order chi connectivity index (χ0) is 21.0. The first-order valence-electron chi connectivity index (χ1n) is 8.97. The molecule has 5 nitrogen and oxygen atoms in total. The number of amides is 1. The van der Waals surface area contributed by atoms with Gasteiger partial charge in [-0.25, -0.2) is 8.42 Å². The van der Waals surface area contributed by atoms with Gasteiger partial charge in [0.1, 0.15) is 0 Å². The lowest BCUT2D eigenvalue weighted by Crippen LogP contribution is -2.15. The number of carbonyl (C=O) groups excluding carboxylic acids is 1. The van der Waals surface area contributed by atoms with Crippen LogP contribution in [0.4, 0.5) is 11.4 Å². The summed E-state index contributed by atoms with van der Waals surface area (Å²) in [6, 6.07) is 18.5. The van der Waals surface area contributed by atoms with Crippen LogP contribution < -0.4 is 10.0 Å². The predicted octanol–water partition coefficient (Wildman–Crippen LogP) is 4.94. The number of carbonyl (C=O) groups is 1. The highest BCUT2D eigenvalue weighted by Gasteiger charge is 2.15. The van der Waals surface area contributed by atoms with Crippen LogP contribution in [0.25, 0.3) is 0 Å². The molecule has 0 saturated heterocycles. The fourth-order valence-electron chi connectivity index (χ4n) is 2.73. The van der Waals surface area contributed by atoms with Crippen molar-refractivity contribution in [2.24, 2.45) is 0 Å². The second-order valence-corrected chi connectivity index (χ2v) is 8.90. The Labute approximate surface area is 175 Å². The molecule has 0 saturated carbocycles. The van der Waals surface area contributed by atoms with E-state index in [1.165, 1.54) is 12.1 Å². The van der Waals surface area contributed by atoms with E-state index in [4.69, 9.17) is 11.6 Å². The minimum absolute atomic E-state index is 0.117. The Kier molecular flexibility index (Phi) is 6.25. The number of anilines is 2. The van der Waals surface area contributed by atoms with Gasteiger partial charge in [-0.1, -0.05) is 29.8 Å². The minimum Gasteiger partial charge on any atom is -0.326 e. The van der Waals surface area contributed by atoms with Gasteiger partial charge < -0.3 is 5.32 Å². The van der Waals surface area contributed by atoms with Crippen molar-refractivity contribution < 1.29 is 13.2 Å². The second-order valence-electron chi connectivity index (χ2n) is 6.78. The lowest BCUT2D eigenvalue weighted by atomic mass is 10.1. The summed E-state index contributed by atoms with van der Waals surface area (Å²) in [5, 5.41) is 3.37. The molecule has 7 heteroatoms. The first kappa shape index (κ1) is 20.9. The lowest BCUT2D eigenvalue weighted by molar-refractivity contribution is -0.115. The van der Waals surface area contributed by atoms with Crippen LogP contribution in [-0.2, 0) is 21.2 Å². The van der Waals surface area contributed by atoms with Crippen molar-refractivity contribution >= 4 is 38.9 Å². The Morgan fingerprint density at radius 3 is 2.10 bits per heavy atom. The van der Waals surface area contributed by atoms with E-state index in [1.807, 2.05) is 19.9 Å². The fraction of sp³-hybridized carbons (Fsp3) is 0.136. The molecular formula is C22H21ClN2O3S. The summed E-state index contributed by atoms with van der Waals surface area (Å²) in [5.74, 6) is -0.198. The quantitative estimate of drug-likeness (QED) is 0.584. The maximum Gasteiger partial charge on any atom is 0.261 e. The third-order valence-corrected chi connectivity index (χ3v) is 6.13. The maximum atomic E-state index is 12.6. The molecule has 1 amide bonds. The summed E-state index contributed by atoms with van der Waals surface area (Å²) < 4.78 is 27.8. The Bertz CT molecular complexity index is 1130. The highest BCUT2D eigenvalue weighted by Crippen LogP contribution is 2.20. The highest BCUT2D eigenvalue weighted by molar-refractivity contribution is 7.92. The SMILES string of the molecule is Cc1ccc(NS(=O)(=O)c2ccc(NC(=O)Cc3ccc(Cl)cc3)cc2)cc1C. The summed E-state index contributed by atoms with van der Waals surface area (Å²) in [4.78, 5) is 12.3. The van der Waals surface area contributed by atoms with Crippen molar-refractivity contribution in [1.29, 1.82) is 0 Å². The molecule has 0 aliphatic carbocycles. The van der Waals surface area contributed by atoms with E-state index in [1.54, 1.807) is 48.5 Å². The Balaban J connectivity index is 1.66. The van der Waals surface area contributed by atoms with Crippen LogP contribution in [0.3, 0.4) is 0 Å². The number of aryl methyl sites for hydroxylation is 2. The molecule has 2 N–H and O–H groups in total. The summed E-state index contributed by atoms with van der Waals surface area (Å²) in [7, 11) is -3.72. The van der Waals surface area contributed by atoms with Gasteiger partial charge in [0.2, 0.25) is 5.91 Å². The molecule has 3 aromatic rings. The van der Waals surface area contributed by atoms with Crippen molar-refractivity contribution in [3.63, 3.8) is 0 Å². The first-order valence-corrected chi connectivity index (χ1v) is 10.8. The Hall–Kier alpha value is -2.83. The van der Waals surface area contributed by atoms with Gasteiger partial charge in [0.25, 0.3) is 10.0 Å². The van der Waals surface area contributed by atoms with Gasteiger partial charge in [-0.2, -0.15) is 0 Å². The molecule has 0 aliphatic heterocycles. The van der Waals surface area contributed by atoms with Gasteiger partial charge in [-0.3, -0.25) is 9.52 Å². The highest BCUT2D eigenvalue weighted by atomic mass is 35.5. The number of hydrogen-bond donors (Lipinski definition) is 2. The van der Waals surface area contributed by atoms with Gasteiger partial charge in [-0.15, -0.1) is 0 Å². The van der Waals surface area contributed by atoms with E-state index in [9.17, 15) is 13.2 Å². The maximum absolute atomic E-state index is 12.6. The molecule has 3 aromatic carbocycles. The largest absolute Gasteiger partial charge is 0.326 e. The van der Waals surface area contributed by atoms with E-state index in [0.29, 0.717) is 16.4 Å². The van der Waals surface area contributed by atoms with E-state index < -0.39 is 10.0 Å². The van der Waals surface area contributed by atoms with Crippen LogP contribution in [-0.4, -0.2) is 14.3 Å². The van der Waals surface area contributed by atoms with Crippen molar-refractivity contribution in [3.8, 4) is 0 Å². The van der Waals surface area contributed by atoms with Gasteiger partial charge in [0.05, 0.1) is 11.3 Å². The van der Waals surface area contributed by atoms with Crippen molar-refractivity contribution in [3.05, 3.63) is 88.4 Å². The van der Waals surface area contributed by atoms with E-state index in [2.05, 4.69) is 10.0 Å². The van der Waals surface area contributed by atoms with Gasteiger partial charge in [-0.05, 0) is 79.1 Å². The molecule has 29 heavy (non-hydrogen) atoms. The number of benzene rings is 3. The molecule has 0 fully saturated rings. The molecule has 0 heterocycles. The molecule has 0 aliphatic rings. The lowest BCUT2D eigenvalue weighted by Gasteiger charge is -2.11. The van der Waals surface area contributed by atoms with E-state index in [-0.39, 0.29) is 17.2 Å². The van der Waals surface area contributed by atoms with Crippen LogP contribution >= 0.6 is 11.6 Å². The monoisotopic (exact) mass is 428 g/mol. The number of hydrogen-bond acceptors (Lipinski definition) is 3. The number of halogens is 1. The first-order chi connectivity index (χ1) is 13.7. The molecular weight excluding hydrogens is 408 g/mol. The summed E-state index contributed by atoms with van der Waals surface area (Å²) in [6.07, 6.45) is 0.200. The molecule has 3 rings (SSSR count). The number of nitrogens with one attached hydrogen (secondary N) is 2. The van der Waals surface area contributed by atoms with E-state index in [0.717, 1.165) is 16.7 Å². The van der Waals surface area contributed by atoms with Gasteiger partial charge in [0, 0.05) is 16.4 Å². The average molecular weight is 429 g/mol. The summed E-state index contributed by atoms with van der Waals surface area (Å²) in [6.45, 7) is 3.89. The standard InChI is InChI=1S/C22H21ClN2O3S/c1-15-3-8-20(13-16(15)2)25-29(27,28)21-11-9-19(10-12-21)24-22(26)14-17-4-6-18(23)7-5-17/h3-13,25H,14H2,1-2H3,(H,24,26). The number of rotatable bonds is 6. The van der Waals surface area contributed by atoms with Crippen LogP contribution in [0, 0.1) is 13.8 Å². The minimum atomic E-state index is -3.72. The topological polar surface area (TPSA) is 75.3 Å². The summed E-state index contributed by atoms with van der Waals surface area (Å²) in [5.41, 5.74) is 3.96.